The summed E-state index contributed by atoms with van der Waals surface area (Å²) in [4.78, 5) is 29.1. The van der Waals surface area contributed by atoms with Gasteiger partial charge in [-0.15, -0.1) is 12.4 Å². The third-order valence-corrected chi connectivity index (χ3v) is 5.64. The molecule has 0 bridgehead atoms. The second kappa shape index (κ2) is 8.27. The van der Waals surface area contributed by atoms with Crippen molar-refractivity contribution in [2.75, 3.05) is 27.2 Å². The Morgan fingerprint density at radius 1 is 1.31 bits per heavy atom. The highest BCUT2D eigenvalue weighted by Gasteiger charge is 2.46. The van der Waals surface area contributed by atoms with E-state index >= 15 is 0 Å². The summed E-state index contributed by atoms with van der Waals surface area (Å²) in [5, 5.41) is 0. The number of methoxy groups -OCH3 is 1. The largest absolute Gasteiger partial charge is 0.497 e. The van der Waals surface area contributed by atoms with Crippen molar-refractivity contribution in [2.45, 2.75) is 31.8 Å². The number of nitrogens with zero attached hydrogens (tertiary/aromatic N) is 2. The van der Waals surface area contributed by atoms with Gasteiger partial charge >= 0.3 is 0 Å². The van der Waals surface area contributed by atoms with E-state index in [0.29, 0.717) is 19.0 Å². The average Bonchev–Trinajstić information content (AvgIpc) is 3.14. The predicted molar refractivity (Wildman–Crippen MR) is 102 cm³/mol. The quantitative estimate of drug-likeness (QED) is 0.863. The predicted octanol–water partition coefficient (Wildman–Crippen LogP) is 1.83. The first kappa shape index (κ1) is 20.5. The Hall–Kier alpha value is -1.79. The Morgan fingerprint density at radius 3 is 2.50 bits per heavy atom. The second-order valence-electron chi connectivity index (χ2n) is 7.21. The van der Waals surface area contributed by atoms with Crippen LogP contribution in [0.5, 0.6) is 5.75 Å². The van der Waals surface area contributed by atoms with Crippen molar-refractivity contribution in [3.8, 4) is 5.75 Å². The lowest BCUT2D eigenvalue weighted by atomic mass is 9.92. The Morgan fingerprint density at radius 2 is 1.96 bits per heavy atom. The van der Waals surface area contributed by atoms with E-state index in [1.54, 1.807) is 19.1 Å². The summed E-state index contributed by atoms with van der Waals surface area (Å²) in [7, 11) is 3.40. The van der Waals surface area contributed by atoms with E-state index < -0.39 is 0 Å². The van der Waals surface area contributed by atoms with Gasteiger partial charge in [-0.3, -0.25) is 9.59 Å². The molecule has 2 heterocycles. The fourth-order valence-electron chi connectivity index (χ4n) is 4.18. The Labute approximate surface area is 161 Å². The van der Waals surface area contributed by atoms with Crippen molar-refractivity contribution in [3.63, 3.8) is 0 Å². The van der Waals surface area contributed by atoms with Gasteiger partial charge in [-0.25, -0.2) is 0 Å². The van der Waals surface area contributed by atoms with Gasteiger partial charge in [0.05, 0.1) is 19.1 Å². The first-order valence-electron chi connectivity index (χ1n) is 8.86. The summed E-state index contributed by atoms with van der Waals surface area (Å²) in [5.41, 5.74) is 6.76. The lowest BCUT2D eigenvalue weighted by Crippen LogP contribution is -2.40. The molecule has 4 atom stereocenters. The minimum Gasteiger partial charge on any atom is -0.497 e. The molecule has 6 nitrogen and oxygen atoms in total. The highest BCUT2D eigenvalue weighted by molar-refractivity contribution is 5.90. The minimum atomic E-state index is -0.343. The van der Waals surface area contributed by atoms with Gasteiger partial charge in [0.1, 0.15) is 5.75 Å². The Kier molecular flexibility index (Phi) is 6.53. The number of nitrogens with two attached hydrogens (primary N) is 1. The van der Waals surface area contributed by atoms with Gasteiger partial charge in [-0.2, -0.15) is 0 Å². The van der Waals surface area contributed by atoms with Crippen molar-refractivity contribution < 1.29 is 14.3 Å². The van der Waals surface area contributed by atoms with Crippen LogP contribution in [0.1, 0.15) is 31.4 Å². The first-order valence-corrected chi connectivity index (χ1v) is 8.86. The van der Waals surface area contributed by atoms with Crippen molar-refractivity contribution in [2.24, 2.45) is 17.6 Å². The van der Waals surface area contributed by atoms with Crippen LogP contribution in [0.4, 0.5) is 0 Å². The molecular formula is C19H28ClN3O3. The molecule has 2 amide bonds. The van der Waals surface area contributed by atoms with Gasteiger partial charge in [0.25, 0.3) is 0 Å². The zero-order valence-corrected chi connectivity index (χ0v) is 16.4. The Balaban J connectivity index is 0.00000243. The van der Waals surface area contributed by atoms with E-state index in [1.165, 1.54) is 0 Å². The van der Waals surface area contributed by atoms with Crippen molar-refractivity contribution in [3.05, 3.63) is 29.8 Å². The molecule has 4 unspecified atom stereocenters. The summed E-state index contributed by atoms with van der Waals surface area (Å²) in [6.45, 7) is 3.36. The summed E-state index contributed by atoms with van der Waals surface area (Å²) in [5.74, 6) is 0.860. The highest BCUT2D eigenvalue weighted by atomic mass is 35.5. The van der Waals surface area contributed by atoms with Crippen molar-refractivity contribution in [1.29, 1.82) is 0 Å². The van der Waals surface area contributed by atoms with Crippen molar-refractivity contribution >= 4 is 24.2 Å². The van der Waals surface area contributed by atoms with Crippen LogP contribution in [-0.2, 0) is 9.59 Å². The average molecular weight is 382 g/mol. The third kappa shape index (κ3) is 3.67. The molecule has 26 heavy (non-hydrogen) atoms. The highest BCUT2D eigenvalue weighted by Crippen LogP contribution is 2.40. The molecule has 2 N–H and O–H groups in total. The van der Waals surface area contributed by atoms with Crippen LogP contribution in [0.2, 0.25) is 0 Å². The van der Waals surface area contributed by atoms with Gasteiger partial charge in [0, 0.05) is 26.1 Å². The van der Waals surface area contributed by atoms with Gasteiger partial charge < -0.3 is 20.3 Å². The number of ether oxygens (including phenoxy) is 1. The fraction of sp³-hybridized carbons (Fsp3) is 0.579. The van der Waals surface area contributed by atoms with Gasteiger partial charge in [-0.1, -0.05) is 12.1 Å². The zero-order valence-electron chi connectivity index (χ0n) is 15.6. The van der Waals surface area contributed by atoms with E-state index in [1.807, 2.05) is 29.2 Å². The molecule has 2 aliphatic heterocycles. The van der Waals surface area contributed by atoms with Crippen LogP contribution < -0.4 is 10.5 Å². The maximum absolute atomic E-state index is 13.2. The van der Waals surface area contributed by atoms with Crippen LogP contribution in [0.3, 0.4) is 0 Å². The maximum Gasteiger partial charge on any atom is 0.228 e. The summed E-state index contributed by atoms with van der Waals surface area (Å²) >= 11 is 0. The molecule has 0 aliphatic carbocycles. The molecular weight excluding hydrogens is 354 g/mol. The number of halogens is 1. The van der Waals surface area contributed by atoms with Crippen LogP contribution in [-0.4, -0.2) is 54.9 Å². The summed E-state index contributed by atoms with van der Waals surface area (Å²) < 4.78 is 5.21. The number of likely N-dealkylation sites (tertiary alicyclic amines) is 2. The zero-order chi connectivity index (χ0) is 18.1. The SMILES string of the molecule is COc1ccc(C2C(C(=O)N3CC(CN)CC3C)CC(=O)N2C)cc1.Cl. The Bertz CT molecular complexity index is 652. The minimum absolute atomic E-state index is 0. The molecule has 1 aromatic rings. The number of carbonyl (C=O) groups is 2. The molecule has 2 aliphatic rings. The fourth-order valence-corrected chi connectivity index (χ4v) is 4.18. The number of benzene rings is 1. The molecule has 0 spiro atoms. The molecule has 0 radical (unpaired) electrons. The number of rotatable bonds is 4. The van der Waals surface area contributed by atoms with E-state index in [-0.39, 0.29) is 48.6 Å². The third-order valence-electron chi connectivity index (χ3n) is 5.64. The van der Waals surface area contributed by atoms with E-state index in [4.69, 9.17) is 10.5 Å². The molecule has 1 aromatic carbocycles. The summed E-state index contributed by atoms with van der Waals surface area (Å²) in [6.07, 6.45) is 1.20. The van der Waals surface area contributed by atoms with E-state index in [9.17, 15) is 9.59 Å². The monoisotopic (exact) mass is 381 g/mol. The maximum atomic E-state index is 13.2. The van der Waals surface area contributed by atoms with Gasteiger partial charge in [-0.05, 0) is 43.5 Å². The number of hydrogen-bond donors (Lipinski definition) is 1. The second-order valence-corrected chi connectivity index (χ2v) is 7.21. The smallest absolute Gasteiger partial charge is 0.228 e. The molecule has 0 saturated carbocycles. The van der Waals surface area contributed by atoms with Crippen LogP contribution >= 0.6 is 12.4 Å². The first-order chi connectivity index (χ1) is 12.0. The van der Waals surface area contributed by atoms with Crippen LogP contribution in [0, 0.1) is 11.8 Å². The molecule has 2 fully saturated rings. The van der Waals surface area contributed by atoms with Crippen LogP contribution in [0.25, 0.3) is 0 Å². The number of hydrogen-bond acceptors (Lipinski definition) is 4. The molecule has 3 rings (SSSR count). The lowest BCUT2D eigenvalue weighted by molar-refractivity contribution is -0.137. The standard InChI is InChI=1S/C19H27N3O3.ClH/c1-12-8-13(10-20)11-22(12)19(24)16-9-17(23)21(2)18(16)14-4-6-15(25-3)7-5-14;/h4-7,12-13,16,18H,8-11,20H2,1-3H3;1H. The number of carbonyl (C=O) groups excluding carboxylic acids is 2. The lowest BCUT2D eigenvalue weighted by Gasteiger charge is -2.30. The molecule has 144 valence electrons. The normalized spacial score (nSPS) is 28.2. The summed E-state index contributed by atoms with van der Waals surface area (Å²) in [6, 6.07) is 7.57. The van der Waals surface area contributed by atoms with E-state index in [0.717, 1.165) is 17.7 Å². The molecule has 2 saturated heterocycles. The van der Waals surface area contributed by atoms with Crippen molar-refractivity contribution in [1.82, 2.24) is 9.80 Å². The molecule has 7 heteroatoms. The van der Waals surface area contributed by atoms with Crippen LogP contribution in [0.15, 0.2) is 24.3 Å². The van der Waals surface area contributed by atoms with Gasteiger partial charge in [0.15, 0.2) is 0 Å². The van der Waals surface area contributed by atoms with E-state index in [2.05, 4.69) is 6.92 Å². The topological polar surface area (TPSA) is 75.9 Å². The van der Waals surface area contributed by atoms with Gasteiger partial charge in [0.2, 0.25) is 11.8 Å². The molecule has 0 aromatic heterocycles. The number of amides is 2.